The molecule has 0 aliphatic heterocycles. The minimum absolute atomic E-state index is 0.0317. The maximum atomic E-state index is 10.4. The van der Waals surface area contributed by atoms with Crippen LogP contribution in [0.2, 0.25) is 0 Å². The van der Waals surface area contributed by atoms with E-state index in [1.807, 2.05) is 54.6 Å². The van der Waals surface area contributed by atoms with Crippen molar-refractivity contribution in [2.45, 2.75) is 25.7 Å². The van der Waals surface area contributed by atoms with Gasteiger partial charge in [0.15, 0.2) is 0 Å². The summed E-state index contributed by atoms with van der Waals surface area (Å²) in [4.78, 5) is 0. The number of hydrogen-bond acceptors (Lipinski definition) is 6. The predicted molar refractivity (Wildman–Crippen MR) is 143 cm³/mol. The number of benzene rings is 4. The van der Waals surface area contributed by atoms with E-state index < -0.39 is 6.10 Å². The maximum Gasteiger partial charge on any atom is 0.121 e. The number of ether oxygens (including phenoxy) is 1. The number of aliphatic hydroxyl groups excluding tert-OH is 2. The van der Waals surface area contributed by atoms with Gasteiger partial charge in [0, 0.05) is 23.5 Å². The van der Waals surface area contributed by atoms with Crippen molar-refractivity contribution in [3.8, 4) is 11.5 Å². The van der Waals surface area contributed by atoms with Crippen molar-refractivity contribution < 1.29 is 20.1 Å². The van der Waals surface area contributed by atoms with E-state index in [2.05, 4.69) is 34.9 Å². The molecule has 4 aromatic carbocycles. The third-order valence-electron chi connectivity index (χ3n) is 5.93. The van der Waals surface area contributed by atoms with Gasteiger partial charge in [0.1, 0.15) is 18.1 Å². The first kappa shape index (κ1) is 25.3. The number of hydrogen-bond donors (Lipinski definition) is 5. The minimum Gasteiger partial charge on any atom is -0.508 e. The predicted octanol–water partition coefficient (Wildman–Crippen LogP) is 5.07. The minimum atomic E-state index is -0.711. The van der Waals surface area contributed by atoms with Crippen LogP contribution in [0, 0.1) is 0 Å². The van der Waals surface area contributed by atoms with Gasteiger partial charge in [-0.1, -0.05) is 48.5 Å². The van der Waals surface area contributed by atoms with E-state index in [-0.39, 0.29) is 12.4 Å². The van der Waals surface area contributed by atoms with E-state index in [4.69, 9.17) is 4.74 Å². The first-order valence-electron chi connectivity index (χ1n) is 12.0. The summed E-state index contributed by atoms with van der Waals surface area (Å²) in [6.45, 7) is 1.39. The Balaban J connectivity index is 1.19. The molecule has 1 unspecified atom stereocenters. The number of phenols is 1. The number of nitrogens with one attached hydrogen (secondary N) is 2. The van der Waals surface area contributed by atoms with E-state index in [9.17, 15) is 15.3 Å². The van der Waals surface area contributed by atoms with E-state index in [0.29, 0.717) is 24.3 Å². The molecule has 4 rings (SSSR count). The molecule has 0 spiro atoms. The van der Waals surface area contributed by atoms with E-state index >= 15 is 0 Å². The monoisotopic (exact) mass is 484 g/mol. The fraction of sp³-hybridized carbons (Fsp3) is 0.200. The molecule has 0 amide bonds. The highest BCUT2D eigenvalue weighted by atomic mass is 16.5. The number of rotatable bonds is 12. The van der Waals surface area contributed by atoms with Gasteiger partial charge in [0.25, 0.3) is 0 Å². The van der Waals surface area contributed by atoms with Crippen molar-refractivity contribution >= 4 is 11.4 Å². The number of anilines is 2. The van der Waals surface area contributed by atoms with Crippen molar-refractivity contribution in [2.75, 3.05) is 18.4 Å². The Morgan fingerprint density at radius 1 is 0.778 bits per heavy atom. The maximum absolute atomic E-state index is 10.4. The molecule has 0 saturated carbocycles. The zero-order valence-electron chi connectivity index (χ0n) is 20.1. The molecule has 36 heavy (non-hydrogen) atoms. The highest BCUT2D eigenvalue weighted by molar-refractivity contribution is 5.60. The van der Waals surface area contributed by atoms with Crippen molar-refractivity contribution in [3.05, 3.63) is 119 Å². The Labute approximate surface area is 211 Å². The summed E-state index contributed by atoms with van der Waals surface area (Å²) in [5, 5.41) is 36.0. The third kappa shape index (κ3) is 7.33. The van der Waals surface area contributed by atoms with E-state index in [1.54, 1.807) is 12.1 Å². The molecule has 4 aromatic rings. The highest BCUT2D eigenvalue weighted by Gasteiger charge is 2.10. The molecule has 0 saturated heterocycles. The van der Waals surface area contributed by atoms with Gasteiger partial charge in [-0.3, -0.25) is 0 Å². The van der Waals surface area contributed by atoms with Gasteiger partial charge in [0.2, 0.25) is 0 Å². The summed E-state index contributed by atoms with van der Waals surface area (Å²) in [7, 11) is 0. The molecule has 0 bridgehead atoms. The van der Waals surface area contributed by atoms with Gasteiger partial charge < -0.3 is 30.7 Å². The molecule has 1 atom stereocenters. The topological polar surface area (TPSA) is 94.0 Å². The first-order valence-corrected chi connectivity index (χ1v) is 12.0. The second-order valence-electron chi connectivity index (χ2n) is 8.64. The highest BCUT2D eigenvalue weighted by Crippen LogP contribution is 2.23. The van der Waals surface area contributed by atoms with Gasteiger partial charge in [0.05, 0.1) is 12.7 Å². The molecule has 0 aliphatic rings. The lowest BCUT2D eigenvalue weighted by molar-refractivity contribution is 0.174. The quantitative estimate of drug-likeness (QED) is 0.180. The lowest BCUT2D eigenvalue weighted by atomic mass is 10.1. The van der Waals surface area contributed by atoms with Crippen LogP contribution in [-0.4, -0.2) is 28.4 Å². The molecular formula is C30H32N2O4. The average molecular weight is 485 g/mol. The summed E-state index contributed by atoms with van der Waals surface area (Å²) in [6, 6.07) is 31.1. The Kier molecular flexibility index (Phi) is 8.94. The zero-order chi connectivity index (χ0) is 25.2. The van der Waals surface area contributed by atoms with Crippen LogP contribution in [0.1, 0.15) is 28.4 Å². The van der Waals surface area contributed by atoms with Crippen LogP contribution in [0.15, 0.2) is 97.1 Å². The van der Waals surface area contributed by atoms with Crippen LogP contribution >= 0.6 is 0 Å². The molecular weight excluding hydrogens is 452 g/mol. The average Bonchev–Trinajstić information content (AvgIpc) is 2.92. The lowest BCUT2D eigenvalue weighted by Crippen LogP contribution is -2.23. The van der Waals surface area contributed by atoms with Crippen molar-refractivity contribution in [1.29, 1.82) is 0 Å². The zero-order valence-corrected chi connectivity index (χ0v) is 20.1. The Morgan fingerprint density at radius 3 is 2.17 bits per heavy atom. The summed E-state index contributed by atoms with van der Waals surface area (Å²) in [5.41, 5.74) is 5.40. The van der Waals surface area contributed by atoms with Gasteiger partial charge >= 0.3 is 0 Å². The second kappa shape index (κ2) is 12.7. The number of aromatic hydroxyl groups is 1. The van der Waals surface area contributed by atoms with Crippen molar-refractivity contribution in [2.24, 2.45) is 0 Å². The summed E-state index contributed by atoms with van der Waals surface area (Å²) in [6.07, 6.45) is 0.121. The fourth-order valence-corrected chi connectivity index (χ4v) is 3.83. The van der Waals surface area contributed by atoms with Gasteiger partial charge in [-0.2, -0.15) is 0 Å². The lowest BCUT2D eigenvalue weighted by Gasteiger charge is -2.14. The molecule has 186 valence electrons. The van der Waals surface area contributed by atoms with Crippen LogP contribution in [-0.2, 0) is 19.6 Å². The van der Waals surface area contributed by atoms with Crippen LogP contribution in [0.3, 0.4) is 0 Å². The molecule has 0 fully saturated rings. The van der Waals surface area contributed by atoms with Gasteiger partial charge in [-0.15, -0.1) is 0 Å². The number of aliphatic hydroxyl groups is 2. The van der Waals surface area contributed by atoms with Crippen LogP contribution in [0.5, 0.6) is 11.5 Å². The van der Waals surface area contributed by atoms with Gasteiger partial charge in [-0.05, 0) is 78.2 Å². The van der Waals surface area contributed by atoms with Crippen LogP contribution in [0.4, 0.5) is 11.4 Å². The Morgan fingerprint density at radius 2 is 1.47 bits per heavy atom. The van der Waals surface area contributed by atoms with Crippen molar-refractivity contribution in [3.63, 3.8) is 0 Å². The molecule has 0 radical (unpaired) electrons. The van der Waals surface area contributed by atoms with Gasteiger partial charge in [-0.25, -0.2) is 0 Å². The second-order valence-corrected chi connectivity index (χ2v) is 8.64. The largest absolute Gasteiger partial charge is 0.508 e. The van der Waals surface area contributed by atoms with E-state index in [1.165, 1.54) is 11.6 Å². The Bertz CT molecular complexity index is 1210. The molecule has 0 aliphatic carbocycles. The summed E-state index contributed by atoms with van der Waals surface area (Å²) in [5.74, 6) is 0.862. The molecule has 5 N–H and O–H groups in total. The molecule has 0 heterocycles. The smallest absolute Gasteiger partial charge is 0.121 e. The molecule has 6 nitrogen and oxygen atoms in total. The van der Waals surface area contributed by atoms with Crippen LogP contribution < -0.4 is 15.4 Å². The third-order valence-corrected chi connectivity index (χ3v) is 5.93. The SMILES string of the molecule is OCc1cc(C(O)CNCCc2ccc(Nc3ccc(OCc4ccccc4)cc3)cc2)ccc1O. The summed E-state index contributed by atoms with van der Waals surface area (Å²) < 4.78 is 5.85. The Hall–Kier alpha value is -3.84. The molecule has 0 aromatic heterocycles. The normalized spacial score (nSPS) is 11.7. The summed E-state index contributed by atoms with van der Waals surface area (Å²) >= 11 is 0. The fourth-order valence-electron chi connectivity index (χ4n) is 3.83. The van der Waals surface area contributed by atoms with Crippen LogP contribution in [0.25, 0.3) is 0 Å². The van der Waals surface area contributed by atoms with Crippen molar-refractivity contribution in [1.82, 2.24) is 5.32 Å². The van der Waals surface area contributed by atoms with E-state index in [0.717, 1.165) is 35.7 Å². The molecule has 6 heteroatoms. The first-order chi connectivity index (χ1) is 17.6. The standard InChI is InChI=1S/C30H32N2O4/c33-20-25-18-24(8-15-29(25)34)30(35)19-31-17-16-22-6-9-26(10-7-22)32-27-11-13-28(14-12-27)36-21-23-4-2-1-3-5-23/h1-15,18,30-35H,16-17,19-21H2.